The Bertz CT molecular complexity index is 1300. The first-order valence-electron chi connectivity index (χ1n) is 11.7. The Morgan fingerprint density at radius 2 is 2.17 bits per heavy atom. The smallest absolute Gasteiger partial charge is 0.405 e. The molecule has 5 heterocycles. The van der Waals surface area contributed by atoms with Gasteiger partial charge in [0, 0.05) is 61.9 Å². The predicted octanol–water partition coefficient (Wildman–Crippen LogP) is 3.15. The lowest BCUT2D eigenvalue weighted by molar-refractivity contribution is -0.0448. The molecule has 1 saturated heterocycles. The number of hydrogen-bond acceptors (Lipinski definition) is 7. The third-order valence-corrected chi connectivity index (χ3v) is 6.42. The molecule has 1 aliphatic heterocycles. The van der Waals surface area contributed by atoms with Crippen molar-refractivity contribution >= 4 is 23.5 Å². The SMILES string of the molecule is Cn1cc(-c2cc3nccn3c(Nc3ccn[nH]3)n2)cn1.FC1CCOC1.O=C(O)NC12CC(C1)C2. The first kappa shape index (κ1) is 23.7. The molecule has 3 saturated carbocycles. The molecular formula is C23H28FN9O3. The van der Waals surface area contributed by atoms with E-state index < -0.39 is 12.3 Å². The molecule has 4 aromatic rings. The number of rotatable bonds is 4. The summed E-state index contributed by atoms with van der Waals surface area (Å²) < 4.78 is 20.1. The molecule has 8 rings (SSSR count). The van der Waals surface area contributed by atoms with Crippen LogP contribution in [0.15, 0.2) is 43.1 Å². The molecule has 190 valence electrons. The minimum atomic E-state index is -0.867. The van der Waals surface area contributed by atoms with Gasteiger partial charge in [-0.3, -0.25) is 14.2 Å². The second-order valence-corrected chi connectivity index (χ2v) is 9.27. The van der Waals surface area contributed by atoms with Crippen molar-refractivity contribution in [1.82, 2.24) is 39.7 Å². The summed E-state index contributed by atoms with van der Waals surface area (Å²) >= 11 is 0. The Hall–Kier alpha value is -4.00. The van der Waals surface area contributed by atoms with Crippen LogP contribution >= 0.6 is 0 Å². The lowest BCUT2D eigenvalue weighted by Gasteiger charge is -2.61. The molecule has 2 bridgehead atoms. The van der Waals surface area contributed by atoms with Gasteiger partial charge in [-0.1, -0.05) is 0 Å². The molecule has 1 amide bonds. The van der Waals surface area contributed by atoms with Gasteiger partial charge in [-0.25, -0.2) is 19.2 Å². The van der Waals surface area contributed by atoms with Gasteiger partial charge in [0.05, 0.1) is 24.7 Å². The van der Waals surface area contributed by atoms with Gasteiger partial charge in [0.25, 0.3) is 0 Å². The molecule has 4 aromatic heterocycles. The van der Waals surface area contributed by atoms with Crippen molar-refractivity contribution < 1.29 is 19.0 Å². The van der Waals surface area contributed by atoms with Crippen LogP contribution in [0.3, 0.4) is 0 Å². The van der Waals surface area contributed by atoms with Crippen LogP contribution in [0.1, 0.15) is 25.7 Å². The number of nitrogens with one attached hydrogen (secondary N) is 3. The molecule has 0 aromatic carbocycles. The highest BCUT2D eigenvalue weighted by Crippen LogP contribution is 2.56. The molecule has 4 N–H and O–H groups in total. The number of amides is 1. The van der Waals surface area contributed by atoms with Gasteiger partial charge in [0.2, 0.25) is 5.95 Å². The highest BCUT2D eigenvalue weighted by Gasteiger charge is 2.57. The van der Waals surface area contributed by atoms with Gasteiger partial charge >= 0.3 is 6.09 Å². The van der Waals surface area contributed by atoms with Crippen LogP contribution in [-0.2, 0) is 11.8 Å². The van der Waals surface area contributed by atoms with E-state index in [9.17, 15) is 9.18 Å². The van der Waals surface area contributed by atoms with Crippen molar-refractivity contribution in [3.05, 3.63) is 43.1 Å². The summed E-state index contributed by atoms with van der Waals surface area (Å²) in [4.78, 5) is 19.1. The molecule has 1 unspecified atom stereocenters. The van der Waals surface area contributed by atoms with E-state index in [1.54, 1.807) is 23.3 Å². The first-order valence-corrected chi connectivity index (χ1v) is 11.7. The van der Waals surface area contributed by atoms with Crippen molar-refractivity contribution in [3.63, 3.8) is 0 Å². The van der Waals surface area contributed by atoms with E-state index in [0.29, 0.717) is 25.6 Å². The maximum atomic E-state index is 11.8. The molecular weight excluding hydrogens is 469 g/mol. The van der Waals surface area contributed by atoms with Crippen molar-refractivity contribution in [3.8, 4) is 11.3 Å². The molecule has 3 aliphatic carbocycles. The standard InChI is InChI=1S/C13H12N8.C6H9NO2.C4H7FO/c1-20-8-9(7-16-20)10-6-12-14-4-5-21(12)13(17-10)18-11-2-3-15-19-11;8-5(9)7-6-1-4(2-6)3-6;5-4-1-2-6-3-4/h2-8H,1H3,(H2,15,17,18,19);4,7H,1-3H2,(H,8,9);4H,1-3H2. The molecule has 36 heavy (non-hydrogen) atoms. The van der Waals surface area contributed by atoms with Crippen LogP contribution < -0.4 is 10.6 Å². The molecule has 12 nitrogen and oxygen atoms in total. The largest absolute Gasteiger partial charge is 0.465 e. The number of alkyl halides is 1. The predicted molar refractivity (Wildman–Crippen MR) is 129 cm³/mol. The van der Waals surface area contributed by atoms with Crippen LogP contribution in [0.25, 0.3) is 16.9 Å². The summed E-state index contributed by atoms with van der Waals surface area (Å²) in [6, 6.07) is 3.76. The number of imidazole rings is 1. The Morgan fingerprint density at radius 1 is 1.33 bits per heavy atom. The summed E-state index contributed by atoms with van der Waals surface area (Å²) in [5.74, 6) is 2.27. The first-order chi connectivity index (χ1) is 17.4. The van der Waals surface area contributed by atoms with E-state index in [0.717, 1.165) is 47.9 Å². The van der Waals surface area contributed by atoms with Gasteiger partial charge in [0.15, 0.2) is 0 Å². The summed E-state index contributed by atoms with van der Waals surface area (Å²) in [6.07, 6.45) is 11.3. The van der Waals surface area contributed by atoms with Gasteiger partial charge in [-0.2, -0.15) is 10.2 Å². The average molecular weight is 498 g/mol. The maximum Gasteiger partial charge on any atom is 0.405 e. The van der Waals surface area contributed by atoms with Gasteiger partial charge in [0.1, 0.15) is 17.6 Å². The van der Waals surface area contributed by atoms with E-state index in [2.05, 4.69) is 40.6 Å². The summed E-state index contributed by atoms with van der Waals surface area (Å²) in [6.45, 7) is 0.932. The Kier molecular flexibility index (Phi) is 6.55. The average Bonchev–Trinajstić information content (AvgIpc) is 3.59. The number of halogens is 1. The van der Waals surface area contributed by atoms with Gasteiger partial charge in [-0.05, 0) is 25.2 Å². The number of aryl methyl sites for hydroxylation is 1. The summed E-state index contributed by atoms with van der Waals surface area (Å²) in [5.41, 5.74) is 2.60. The number of anilines is 2. The monoisotopic (exact) mass is 497 g/mol. The maximum absolute atomic E-state index is 11.8. The molecule has 4 aliphatic rings. The zero-order chi connectivity index (χ0) is 25.1. The number of aromatic nitrogens is 7. The Labute approximate surface area is 205 Å². The number of carbonyl (C=O) groups is 1. The summed E-state index contributed by atoms with van der Waals surface area (Å²) in [7, 11) is 1.88. The minimum Gasteiger partial charge on any atom is -0.465 e. The Morgan fingerprint density at radius 3 is 2.67 bits per heavy atom. The fourth-order valence-electron chi connectivity index (χ4n) is 4.52. The van der Waals surface area contributed by atoms with E-state index in [1.165, 1.54) is 0 Å². The second kappa shape index (κ2) is 9.93. The molecule has 0 spiro atoms. The zero-order valence-corrected chi connectivity index (χ0v) is 19.8. The lowest BCUT2D eigenvalue weighted by atomic mass is 9.50. The normalized spacial score (nSPS) is 23.4. The van der Waals surface area contributed by atoms with Crippen molar-refractivity contribution in [2.75, 3.05) is 18.5 Å². The third kappa shape index (κ3) is 5.30. The Balaban J connectivity index is 0.000000145. The number of nitrogens with zero attached hydrogens (tertiary/aromatic N) is 6. The fraction of sp³-hybridized carbons (Fsp3) is 0.435. The summed E-state index contributed by atoms with van der Waals surface area (Å²) in [5, 5.41) is 25.0. The number of fused-ring (bicyclic) bond motifs is 1. The third-order valence-electron chi connectivity index (χ3n) is 6.42. The topological polar surface area (TPSA) is 147 Å². The minimum absolute atomic E-state index is 0.0382. The van der Waals surface area contributed by atoms with Crippen LogP contribution in [0.2, 0.25) is 0 Å². The number of carboxylic acid groups (broad SMARTS) is 1. The molecule has 4 fully saturated rings. The highest BCUT2D eigenvalue weighted by atomic mass is 19.1. The van der Waals surface area contributed by atoms with Gasteiger partial charge < -0.3 is 20.5 Å². The lowest BCUT2D eigenvalue weighted by Crippen LogP contribution is -2.67. The van der Waals surface area contributed by atoms with Crippen LogP contribution in [0.5, 0.6) is 0 Å². The number of hydrogen-bond donors (Lipinski definition) is 4. The van der Waals surface area contributed by atoms with Crippen LogP contribution in [0.4, 0.5) is 21.0 Å². The zero-order valence-electron chi connectivity index (χ0n) is 19.8. The number of aromatic amines is 1. The fourth-order valence-corrected chi connectivity index (χ4v) is 4.52. The van der Waals surface area contributed by atoms with E-state index >= 15 is 0 Å². The van der Waals surface area contributed by atoms with Crippen LogP contribution in [0, 0.1) is 5.92 Å². The van der Waals surface area contributed by atoms with Crippen molar-refractivity contribution in [1.29, 1.82) is 0 Å². The molecule has 13 heteroatoms. The second-order valence-electron chi connectivity index (χ2n) is 9.27. The quantitative estimate of drug-likeness (QED) is 0.336. The molecule has 0 radical (unpaired) electrons. The van der Waals surface area contributed by atoms with E-state index in [1.807, 2.05) is 36.0 Å². The van der Waals surface area contributed by atoms with E-state index in [4.69, 9.17) is 5.11 Å². The van der Waals surface area contributed by atoms with Crippen LogP contribution in [-0.4, -0.2) is 70.5 Å². The van der Waals surface area contributed by atoms with E-state index in [-0.39, 0.29) is 5.54 Å². The number of ether oxygens (including phenoxy) is 1. The van der Waals surface area contributed by atoms with Crippen molar-refractivity contribution in [2.24, 2.45) is 13.0 Å². The van der Waals surface area contributed by atoms with Gasteiger partial charge in [-0.15, -0.1) is 0 Å². The molecule has 1 atom stereocenters. The number of H-pyrrole nitrogens is 1. The van der Waals surface area contributed by atoms with Crippen molar-refractivity contribution in [2.45, 2.75) is 37.4 Å². The highest BCUT2D eigenvalue weighted by molar-refractivity contribution is 5.67.